The number of hydrogen-bond donors (Lipinski definition) is 0. The Hall–Kier alpha value is -2.14. The molecule has 4 nitrogen and oxygen atoms in total. The second kappa shape index (κ2) is 6.15. The van der Waals surface area contributed by atoms with Crippen LogP contribution in [0.25, 0.3) is 6.08 Å². The fourth-order valence-corrected chi connectivity index (χ4v) is 2.15. The van der Waals surface area contributed by atoms with E-state index in [1.165, 1.54) is 17.4 Å². The molecule has 0 bridgehead atoms. The summed E-state index contributed by atoms with van der Waals surface area (Å²) in [6.45, 7) is 0. The molecule has 2 rings (SSSR count). The highest BCUT2D eigenvalue weighted by Gasteiger charge is 2.05. The van der Waals surface area contributed by atoms with Gasteiger partial charge in [0.15, 0.2) is 17.3 Å². The zero-order valence-corrected chi connectivity index (χ0v) is 11.4. The number of pyridine rings is 1. The summed E-state index contributed by atoms with van der Waals surface area (Å²) in [5.41, 5.74) is 0.641. The second-order valence-electron chi connectivity index (χ2n) is 3.64. The minimum atomic E-state index is -0.0356. The van der Waals surface area contributed by atoms with Crippen LogP contribution in [0.2, 0.25) is 0 Å². The first-order valence-corrected chi connectivity index (χ1v) is 6.46. The van der Waals surface area contributed by atoms with Gasteiger partial charge in [-0.05, 0) is 23.6 Å². The summed E-state index contributed by atoms with van der Waals surface area (Å²) in [4.78, 5) is 16.7. The first-order valence-electron chi connectivity index (χ1n) is 5.58. The SMILES string of the molecule is COc1cnc(C=CC(=O)c2cccs2)cc1OC. The molecule has 0 aromatic carbocycles. The molecular formula is C14H13NO3S. The van der Waals surface area contributed by atoms with Crippen molar-refractivity contribution in [3.8, 4) is 11.5 Å². The maximum atomic E-state index is 11.8. The maximum Gasteiger partial charge on any atom is 0.195 e. The number of carbonyl (C=O) groups excluding carboxylic acids is 1. The van der Waals surface area contributed by atoms with Crippen LogP contribution in [0.4, 0.5) is 0 Å². The van der Waals surface area contributed by atoms with Crippen LogP contribution in [-0.2, 0) is 0 Å². The molecule has 2 aromatic heterocycles. The Morgan fingerprint density at radius 2 is 2.11 bits per heavy atom. The number of rotatable bonds is 5. The molecule has 0 N–H and O–H groups in total. The van der Waals surface area contributed by atoms with E-state index in [2.05, 4.69) is 4.98 Å². The fraction of sp³-hybridized carbons (Fsp3) is 0.143. The molecule has 0 unspecified atom stereocenters. The molecule has 0 aliphatic rings. The molecule has 0 aliphatic heterocycles. The largest absolute Gasteiger partial charge is 0.493 e. The van der Waals surface area contributed by atoms with E-state index in [9.17, 15) is 4.79 Å². The van der Waals surface area contributed by atoms with Crippen LogP contribution in [0.3, 0.4) is 0 Å². The van der Waals surface area contributed by atoms with E-state index in [0.29, 0.717) is 22.1 Å². The molecule has 2 aromatic rings. The van der Waals surface area contributed by atoms with Crippen LogP contribution >= 0.6 is 11.3 Å². The van der Waals surface area contributed by atoms with Crippen LogP contribution in [0.1, 0.15) is 15.4 Å². The van der Waals surface area contributed by atoms with E-state index in [4.69, 9.17) is 9.47 Å². The third-order valence-corrected chi connectivity index (χ3v) is 3.35. The second-order valence-corrected chi connectivity index (χ2v) is 4.59. The first-order chi connectivity index (χ1) is 9.24. The number of methoxy groups -OCH3 is 2. The molecule has 2 heterocycles. The molecule has 0 aliphatic carbocycles. The zero-order valence-electron chi connectivity index (χ0n) is 10.6. The van der Waals surface area contributed by atoms with E-state index in [1.807, 2.05) is 11.4 Å². The van der Waals surface area contributed by atoms with Gasteiger partial charge >= 0.3 is 0 Å². The standard InChI is InChI=1S/C14H13NO3S/c1-17-12-8-10(15-9-13(12)18-2)5-6-11(16)14-4-3-7-19-14/h3-9H,1-2H3. The average molecular weight is 275 g/mol. The van der Waals surface area contributed by atoms with E-state index in [1.54, 1.807) is 38.6 Å². The predicted molar refractivity (Wildman–Crippen MR) is 75.0 cm³/mol. The van der Waals surface area contributed by atoms with Crippen molar-refractivity contribution in [3.05, 3.63) is 46.4 Å². The molecular weight excluding hydrogens is 262 g/mol. The molecule has 0 radical (unpaired) electrons. The summed E-state index contributed by atoms with van der Waals surface area (Å²) in [5.74, 6) is 1.11. The van der Waals surface area contributed by atoms with E-state index in [0.717, 1.165) is 0 Å². The van der Waals surface area contributed by atoms with Gasteiger partial charge in [0.2, 0.25) is 0 Å². The smallest absolute Gasteiger partial charge is 0.195 e. The van der Waals surface area contributed by atoms with Gasteiger partial charge in [0.05, 0.1) is 31.0 Å². The molecule has 98 valence electrons. The summed E-state index contributed by atoms with van der Waals surface area (Å²) in [5, 5.41) is 1.87. The number of thiophene rings is 1. The van der Waals surface area contributed by atoms with Gasteiger partial charge in [0, 0.05) is 6.07 Å². The topological polar surface area (TPSA) is 48.4 Å². The minimum absolute atomic E-state index is 0.0356. The van der Waals surface area contributed by atoms with Crippen LogP contribution in [0.5, 0.6) is 11.5 Å². The van der Waals surface area contributed by atoms with Crippen molar-refractivity contribution in [3.63, 3.8) is 0 Å². The van der Waals surface area contributed by atoms with E-state index in [-0.39, 0.29) is 5.78 Å². The molecule has 0 spiro atoms. The summed E-state index contributed by atoms with van der Waals surface area (Å²) < 4.78 is 10.3. The van der Waals surface area contributed by atoms with Gasteiger partial charge in [-0.1, -0.05) is 6.07 Å². The van der Waals surface area contributed by atoms with Gasteiger partial charge in [-0.3, -0.25) is 9.78 Å². The lowest BCUT2D eigenvalue weighted by Crippen LogP contribution is -1.93. The molecule has 5 heteroatoms. The van der Waals surface area contributed by atoms with Crippen LogP contribution < -0.4 is 9.47 Å². The summed E-state index contributed by atoms with van der Waals surface area (Å²) in [6, 6.07) is 5.36. The Kier molecular flexibility index (Phi) is 4.30. The van der Waals surface area contributed by atoms with Gasteiger partial charge in [-0.25, -0.2) is 0 Å². The number of nitrogens with zero attached hydrogens (tertiary/aromatic N) is 1. The average Bonchev–Trinajstić information content (AvgIpc) is 2.98. The van der Waals surface area contributed by atoms with Crippen molar-refractivity contribution in [2.24, 2.45) is 0 Å². The first kappa shape index (κ1) is 13.3. The maximum absolute atomic E-state index is 11.8. The van der Waals surface area contributed by atoms with Gasteiger partial charge in [-0.2, -0.15) is 0 Å². The highest BCUT2D eigenvalue weighted by atomic mass is 32.1. The Bertz CT molecular complexity index is 591. The highest BCUT2D eigenvalue weighted by Crippen LogP contribution is 2.26. The highest BCUT2D eigenvalue weighted by molar-refractivity contribution is 7.12. The summed E-state index contributed by atoms with van der Waals surface area (Å²) in [7, 11) is 3.11. The minimum Gasteiger partial charge on any atom is -0.493 e. The van der Waals surface area contributed by atoms with Crippen LogP contribution in [0, 0.1) is 0 Å². The lowest BCUT2D eigenvalue weighted by atomic mass is 10.2. The van der Waals surface area contributed by atoms with Crippen molar-refractivity contribution in [1.29, 1.82) is 0 Å². The molecule has 0 amide bonds. The summed E-state index contributed by atoms with van der Waals surface area (Å²) >= 11 is 1.41. The number of hydrogen-bond acceptors (Lipinski definition) is 5. The molecule has 0 saturated carbocycles. The van der Waals surface area contributed by atoms with Crippen molar-refractivity contribution >= 4 is 23.2 Å². The fourth-order valence-electron chi connectivity index (χ4n) is 1.51. The molecule has 19 heavy (non-hydrogen) atoms. The number of ketones is 1. The van der Waals surface area contributed by atoms with Gasteiger partial charge < -0.3 is 9.47 Å². The normalized spacial score (nSPS) is 10.6. The number of carbonyl (C=O) groups is 1. The quantitative estimate of drug-likeness (QED) is 0.621. The van der Waals surface area contributed by atoms with Gasteiger partial charge in [-0.15, -0.1) is 11.3 Å². The number of ether oxygens (including phenoxy) is 2. The molecule has 0 atom stereocenters. The Morgan fingerprint density at radius 3 is 2.74 bits per heavy atom. The Morgan fingerprint density at radius 1 is 1.32 bits per heavy atom. The van der Waals surface area contributed by atoms with E-state index < -0.39 is 0 Å². The van der Waals surface area contributed by atoms with E-state index >= 15 is 0 Å². The summed E-state index contributed by atoms with van der Waals surface area (Å²) in [6.07, 6.45) is 4.72. The molecule has 0 saturated heterocycles. The van der Waals surface area contributed by atoms with Crippen molar-refractivity contribution in [2.75, 3.05) is 14.2 Å². The Labute approximate surface area is 115 Å². The third-order valence-electron chi connectivity index (χ3n) is 2.46. The van der Waals surface area contributed by atoms with Crippen molar-refractivity contribution in [2.45, 2.75) is 0 Å². The molecule has 0 fully saturated rings. The van der Waals surface area contributed by atoms with Crippen LogP contribution in [-0.4, -0.2) is 25.0 Å². The zero-order chi connectivity index (χ0) is 13.7. The third kappa shape index (κ3) is 3.20. The van der Waals surface area contributed by atoms with Gasteiger partial charge in [0.1, 0.15) is 0 Å². The van der Waals surface area contributed by atoms with Crippen molar-refractivity contribution < 1.29 is 14.3 Å². The van der Waals surface area contributed by atoms with Crippen molar-refractivity contribution in [1.82, 2.24) is 4.98 Å². The lowest BCUT2D eigenvalue weighted by Gasteiger charge is -2.06. The monoisotopic (exact) mass is 275 g/mol. The van der Waals surface area contributed by atoms with Gasteiger partial charge in [0.25, 0.3) is 0 Å². The lowest BCUT2D eigenvalue weighted by molar-refractivity contribution is 0.105. The number of aromatic nitrogens is 1. The Balaban J connectivity index is 2.17. The number of allylic oxidation sites excluding steroid dienone is 1. The van der Waals surface area contributed by atoms with Crippen LogP contribution in [0.15, 0.2) is 35.9 Å². The predicted octanol–water partition coefficient (Wildman–Crippen LogP) is 3.06.